The number of rotatable bonds is 5. The van der Waals surface area contributed by atoms with Gasteiger partial charge < -0.3 is 21.7 Å². The van der Waals surface area contributed by atoms with Crippen LogP contribution in [0.5, 0.6) is 0 Å². The molecule has 0 aliphatic heterocycles. The van der Waals surface area contributed by atoms with Crippen molar-refractivity contribution in [2.24, 2.45) is 5.73 Å². The highest BCUT2D eigenvalue weighted by Gasteiger charge is 2.12. The summed E-state index contributed by atoms with van der Waals surface area (Å²) in [6.07, 6.45) is 0.730. The third-order valence-corrected chi connectivity index (χ3v) is 1.66. The van der Waals surface area contributed by atoms with Crippen LogP contribution >= 0.6 is 0 Å². The molecule has 0 saturated heterocycles. The molecule has 0 rings (SSSR count). The predicted octanol–water partition coefficient (Wildman–Crippen LogP) is -2.77. The van der Waals surface area contributed by atoms with E-state index in [0.29, 0.717) is 6.54 Å². The Bertz CT molecular complexity index is 316. The molecule has 0 unspecified atom stereocenters. The standard InChI is InChI=1S/C9H16N4O4/c1-2-3-11-8(16)9(17)13-5-4-12-7(15)6(10)14/h2-5H2,1H3,(H2,10,14)(H,11,16)(H,12,15)(H,13,17). The van der Waals surface area contributed by atoms with Gasteiger partial charge in [-0.3, -0.25) is 19.2 Å². The van der Waals surface area contributed by atoms with Gasteiger partial charge in [-0.1, -0.05) is 6.92 Å². The summed E-state index contributed by atoms with van der Waals surface area (Å²) < 4.78 is 0. The van der Waals surface area contributed by atoms with Gasteiger partial charge in [0.15, 0.2) is 0 Å². The maximum atomic E-state index is 11.1. The van der Waals surface area contributed by atoms with Gasteiger partial charge in [0.25, 0.3) is 0 Å². The number of primary amides is 1. The highest BCUT2D eigenvalue weighted by atomic mass is 16.2. The van der Waals surface area contributed by atoms with E-state index in [1.165, 1.54) is 0 Å². The monoisotopic (exact) mass is 244 g/mol. The van der Waals surface area contributed by atoms with Crippen LogP contribution in [0.1, 0.15) is 13.3 Å². The first-order valence-corrected chi connectivity index (χ1v) is 5.12. The van der Waals surface area contributed by atoms with Crippen molar-refractivity contribution in [1.82, 2.24) is 16.0 Å². The molecule has 0 heterocycles. The van der Waals surface area contributed by atoms with Gasteiger partial charge in [-0.25, -0.2) is 0 Å². The lowest BCUT2D eigenvalue weighted by atomic mass is 10.4. The van der Waals surface area contributed by atoms with Gasteiger partial charge in [-0.15, -0.1) is 0 Å². The molecule has 4 amide bonds. The van der Waals surface area contributed by atoms with E-state index in [1.807, 2.05) is 6.92 Å². The first-order chi connectivity index (χ1) is 7.99. The summed E-state index contributed by atoms with van der Waals surface area (Å²) in [6, 6.07) is 0. The average Bonchev–Trinajstić information content (AvgIpc) is 2.30. The maximum Gasteiger partial charge on any atom is 0.309 e. The number of carbonyl (C=O) groups is 4. The minimum atomic E-state index is -1.10. The molecule has 8 heteroatoms. The molecule has 5 N–H and O–H groups in total. The predicted molar refractivity (Wildman–Crippen MR) is 58.5 cm³/mol. The Balaban J connectivity index is 3.68. The molecule has 0 aromatic heterocycles. The van der Waals surface area contributed by atoms with Crippen molar-refractivity contribution in [3.05, 3.63) is 0 Å². The quantitative estimate of drug-likeness (QED) is 0.308. The highest BCUT2D eigenvalue weighted by Crippen LogP contribution is 1.73. The summed E-state index contributed by atoms with van der Waals surface area (Å²) in [6.45, 7) is 2.34. The second kappa shape index (κ2) is 8.08. The number of amides is 4. The van der Waals surface area contributed by atoms with Crippen molar-refractivity contribution in [2.45, 2.75) is 13.3 Å². The van der Waals surface area contributed by atoms with Gasteiger partial charge in [0.2, 0.25) is 0 Å². The van der Waals surface area contributed by atoms with Crippen LogP contribution in [0, 0.1) is 0 Å². The lowest BCUT2D eigenvalue weighted by molar-refractivity contribution is -0.139. The van der Waals surface area contributed by atoms with E-state index in [1.54, 1.807) is 0 Å². The fourth-order valence-electron chi connectivity index (χ4n) is 0.838. The Morgan fingerprint density at radius 1 is 0.824 bits per heavy atom. The summed E-state index contributed by atoms with van der Waals surface area (Å²) in [4.78, 5) is 43.2. The minimum Gasteiger partial charge on any atom is -0.361 e. The molecule has 0 aromatic rings. The van der Waals surface area contributed by atoms with Crippen LogP contribution in [0.15, 0.2) is 0 Å². The Hall–Kier alpha value is -2.12. The van der Waals surface area contributed by atoms with E-state index < -0.39 is 23.6 Å². The van der Waals surface area contributed by atoms with Gasteiger partial charge in [-0.2, -0.15) is 0 Å². The number of nitrogens with one attached hydrogen (secondary N) is 3. The van der Waals surface area contributed by atoms with E-state index >= 15 is 0 Å². The fraction of sp³-hybridized carbons (Fsp3) is 0.556. The molecule has 0 aliphatic rings. The summed E-state index contributed by atoms with van der Waals surface area (Å²) in [7, 11) is 0. The molecule has 8 nitrogen and oxygen atoms in total. The van der Waals surface area contributed by atoms with Crippen molar-refractivity contribution in [2.75, 3.05) is 19.6 Å². The van der Waals surface area contributed by atoms with E-state index in [-0.39, 0.29) is 13.1 Å². The van der Waals surface area contributed by atoms with Gasteiger partial charge in [0.1, 0.15) is 0 Å². The first kappa shape index (κ1) is 14.9. The molecule has 0 fully saturated rings. The van der Waals surface area contributed by atoms with Crippen molar-refractivity contribution < 1.29 is 19.2 Å². The number of hydrogen-bond acceptors (Lipinski definition) is 4. The SMILES string of the molecule is CCCNC(=O)C(=O)NCCNC(=O)C(N)=O. The molecule has 0 atom stereocenters. The highest BCUT2D eigenvalue weighted by molar-refractivity contribution is 6.35. The fourth-order valence-corrected chi connectivity index (χ4v) is 0.838. The molecular weight excluding hydrogens is 228 g/mol. The number of hydrogen-bond donors (Lipinski definition) is 4. The van der Waals surface area contributed by atoms with Crippen LogP contribution in [-0.2, 0) is 19.2 Å². The molecule has 96 valence electrons. The van der Waals surface area contributed by atoms with Crippen LogP contribution in [0.4, 0.5) is 0 Å². The van der Waals surface area contributed by atoms with Crippen LogP contribution in [0.3, 0.4) is 0 Å². The minimum absolute atomic E-state index is 0.0224. The molecule has 0 aromatic carbocycles. The lowest BCUT2D eigenvalue weighted by Crippen LogP contribution is -2.44. The third-order valence-electron chi connectivity index (χ3n) is 1.66. The Morgan fingerprint density at radius 2 is 1.24 bits per heavy atom. The van der Waals surface area contributed by atoms with Crippen molar-refractivity contribution in [1.29, 1.82) is 0 Å². The van der Waals surface area contributed by atoms with E-state index in [9.17, 15) is 19.2 Å². The van der Waals surface area contributed by atoms with E-state index in [2.05, 4.69) is 21.7 Å². The lowest BCUT2D eigenvalue weighted by Gasteiger charge is -2.05. The Kier molecular flexibility index (Phi) is 7.07. The largest absolute Gasteiger partial charge is 0.361 e. The second-order valence-electron chi connectivity index (χ2n) is 3.13. The van der Waals surface area contributed by atoms with Gasteiger partial charge in [0, 0.05) is 19.6 Å². The molecular formula is C9H16N4O4. The zero-order chi connectivity index (χ0) is 13.3. The third kappa shape index (κ3) is 6.88. The number of carbonyl (C=O) groups excluding carboxylic acids is 4. The Labute approximate surface area is 98.3 Å². The molecule has 0 saturated carbocycles. The normalized spacial score (nSPS) is 9.24. The van der Waals surface area contributed by atoms with Crippen molar-refractivity contribution in [3.8, 4) is 0 Å². The summed E-state index contributed by atoms with van der Waals surface area (Å²) in [5.41, 5.74) is 4.68. The van der Waals surface area contributed by atoms with Crippen LogP contribution < -0.4 is 21.7 Å². The van der Waals surface area contributed by atoms with Crippen LogP contribution in [0.25, 0.3) is 0 Å². The van der Waals surface area contributed by atoms with Crippen molar-refractivity contribution >= 4 is 23.6 Å². The molecule has 0 spiro atoms. The Morgan fingerprint density at radius 3 is 1.65 bits per heavy atom. The van der Waals surface area contributed by atoms with Crippen LogP contribution in [0.2, 0.25) is 0 Å². The summed E-state index contributed by atoms with van der Waals surface area (Å²) in [5.74, 6) is -3.55. The average molecular weight is 244 g/mol. The smallest absolute Gasteiger partial charge is 0.309 e. The first-order valence-electron chi connectivity index (χ1n) is 5.12. The summed E-state index contributed by atoms with van der Waals surface area (Å²) >= 11 is 0. The zero-order valence-electron chi connectivity index (χ0n) is 9.54. The zero-order valence-corrected chi connectivity index (χ0v) is 9.54. The molecule has 0 bridgehead atoms. The topological polar surface area (TPSA) is 130 Å². The van der Waals surface area contributed by atoms with Gasteiger partial charge >= 0.3 is 23.6 Å². The number of nitrogens with two attached hydrogens (primary N) is 1. The molecule has 17 heavy (non-hydrogen) atoms. The van der Waals surface area contributed by atoms with E-state index in [0.717, 1.165) is 6.42 Å². The maximum absolute atomic E-state index is 11.1. The van der Waals surface area contributed by atoms with E-state index in [4.69, 9.17) is 0 Å². The second-order valence-corrected chi connectivity index (χ2v) is 3.13. The summed E-state index contributed by atoms with van der Waals surface area (Å²) in [5, 5.41) is 6.82. The van der Waals surface area contributed by atoms with Crippen molar-refractivity contribution in [3.63, 3.8) is 0 Å². The van der Waals surface area contributed by atoms with Gasteiger partial charge in [0.05, 0.1) is 0 Å². The molecule has 0 aliphatic carbocycles. The van der Waals surface area contributed by atoms with Crippen LogP contribution in [-0.4, -0.2) is 43.3 Å². The van der Waals surface area contributed by atoms with Gasteiger partial charge in [-0.05, 0) is 6.42 Å². The molecule has 0 radical (unpaired) electrons.